The van der Waals surface area contributed by atoms with Crippen LogP contribution in [0.5, 0.6) is 11.5 Å². The van der Waals surface area contributed by atoms with Crippen molar-refractivity contribution in [2.75, 3.05) is 5.32 Å². The number of hydrogen-bond acceptors (Lipinski definition) is 6. The fourth-order valence-electron chi connectivity index (χ4n) is 2.72. The molecule has 122 valence electrons. The second-order valence-electron chi connectivity index (χ2n) is 5.89. The average molecular weight is 341 g/mol. The third kappa shape index (κ3) is 2.70. The molecule has 0 saturated heterocycles. The summed E-state index contributed by atoms with van der Waals surface area (Å²) in [6, 6.07) is 2.79. The monoisotopic (exact) mass is 341 g/mol. The maximum Gasteiger partial charge on any atom is 0.586 e. The summed E-state index contributed by atoms with van der Waals surface area (Å²) in [7, 11) is 0. The molecule has 0 bridgehead atoms. The zero-order valence-corrected chi connectivity index (χ0v) is 12.7. The molecule has 1 saturated carbocycles. The van der Waals surface area contributed by atoms with Gasteiger partial charge in [-0.1, -0.05) is 11.3 Å². The van der Waals surface area contributed by atoms with Crippen LogP contribution in [0.4, 0.5) is 13.9 Å². The second kappa shape index (κ2) is 4.75. The largest absolute Gasteiger partial charge is 0.586 e. The summed E-state index contributed by atoms with van der Waals surface area (Å²) in [4.78, 5) is 16.2. The first-order valence-corrected chi connectivity index (χ1v) is 7.93. The van der Waals surface area contributed by atoms with Gasteiger partial charge in [-0.25, -0.2) is 4.98 Å². The molecule has 4 rings (SSSR count). The molecule has 23 heavy (non-hydrogen) atoms. The highest BCUT2D eigenvalue weighted by molar-refractivity contribution is 7.22. The van der Waals surface area contributed by atoms with Crippen molar-refractivity contribution < 1.29 is 23.0 Å². The lowest BCUT2D eigenvalue weighted by Crippen LogP contribution is -2.48. The number of carbonyl (C=O) groups excluding carboxylic acids is 1. The number of alkyl halides is 2. The number of amides is 1. The number of halogens is 2. The van der Waals surface area contributed by atoms with Gasteiger partial charge in [0, 0.05) is 24.1 Å². The Balaban J connectivity index is 1.53. The van der Waals surface area contributed by atoms with Gasteiger partial charge in [0.25, 0.3) is 0 Å². The Morgan fingerprint density at radius 3 is 2.70 bits per heavy atom. The first-order valence-electron chi connectivity index (χ1n) is 7.11. The van der Waals surface area contributed by atoms with E-state index in [9.17, 15) is 13.6 Å². The van der Waals surface area contributed by atoms with E-state index in [4.69, 9.17) is 5.73 Å². The topological polar surface area (TPSA) is 86.5 Å². The smallest absolute Gasteiger partial charge is 0.395 e. The lowest BCUT2D eigenvalue weighted by atomic mass is 9.75. The van der Waals surface area contributed by atoms with E-state index >= 15 is 0 Å². The molecule has 1 aromatic carbocycles. The molecule has 0 atom stereocenters. The number of ether oxygens (including phenoxy) is 2. The minimum atomic E-state index is -3.65. The number of nitrogens with zero attached hydrogens (tertiary/aromatic N) is 1. The van der Waals surface area contributed by atoms with Crippen LogP contribution in [0.3, 0.4) is 0 Å². The van der Waals surface area contributed by atoms with Gasteiger partial charge in [-0.3, -0.25) is 4.79 Å². The SMILES string of the molecule is NC1(CC(=O)Nc2nc3cc4c(cc3s2)OC(F)(F)O4)CCC1. The third-order valence-corrected chi connectivity index (χ3v) is 4.95. The highest BCUT2D eigenvalue weighted by atomic mass is 32.1. The third-order valence-electron chi connectivity index (χ3n) is 4.02. The van der Waals surface area contributed by atoms with Crippen LogP contribution in [-0.4, -0.2) is 22.7 Å². The van der Waals surface area contributed by atoms with E-state index in [1.165, 1.54) is 23.5 Å². The molecule has 6 nitrogen and oxygen atoms in total. The van der Waals surface area contributed by atoms with Gasteiger partial charge in [-0.2, -0.15) is 0 Å². The number of hydrogen-bond donors (Lipinski definition) is 2. The summed E-state index contributed by atoms with van der Waals surface area (Å²) in [6.07, 6.45) is -0.675. The number of nitrogens with one attached hydrogen (secondary N) is 1. The second-order valence-corrected chi connectivity index (χ2v) is 6.92. The van der Waals surface area contributed by atoms with E-state index < -0.39 is 11.8 Å². The van der Waals surface area contributed by atoms with Gasteiger partial charge in [-0.15, -0.1) is 8.78 Å². The summed E-state index contributed by atoms with van der Waals surface area (Å²) in [6.45, 7) is 0. The number of thiazole rings is 1. The maximum atomic E-state index is 13.0. The number of anilines is 1. The number of rotatable bonds is 3. The molecule has 1 aliphatic heterocycles. The highest BCUT2D eigenvalue weighted by Crippen LogP contribution is 2.44. The van der Waals surface area contributed by atoms with Crippen molar-refractivity contribution in [2.45, 2.75) is 37.5 Å². The van der Waals surface area contributed by atoms with Crippen LogP contribution in [0, 0.1) is 0 Å². The van der Waals surface area contributed by atoms with Crippen LogP contribution in [0.1, 0.15) is 25.7 Å². The quantitative estimate of drug-likeness (QED) is 0.896. The van der Waals surface area contributed by atoms with Crippen molar-refractivity contribution in [3.8, 4) is 11.5 Å². The maximum absolute atomic E-state index is 13.0. The number of benzene rings is 1. The molecule has 2 heterocycles. The number of nitrogens with two attached hydrogens (primary N) is 1. The molecule has 9 heteroatoms. The van der Waals surface area contributed by atoms with Gasteiger partial charge in [0.1, 0.15) is 0 Å². The van der Waals surface area contributed by atoms with E-state index in [0.29, 0.717) is 15.3 Å². The number of fused-ring (bicyclic) bond motifs is 2. The first-order chi connectivity index (χ1) is 10.8. The van der Waals surface area contributed by atoms with Gasteiger partial charge in [-0.05, 0) is 19.3 Å². The number of carbonyl (C=O) groups is 1. The average Bonchev–Trinajstić information content (AvgIpc) is 2.90. The Morgan fingerprint density at radius 1 is 1.35 bits per heavy atom. The Hall–Kier alpha value is -2.00. The Kier molecular flexibility index (Phi) is 3.01. The fourth-order valence-corrected chi connectivity index (χ4v) is 3.61. The fraction of sp³-hybridized carbons (Fsp3) is 0.429. The molecule has 0 radical (unpaired) electrons. The standard InChI is InChI=1S/C14H13F2N3O3S/c15-14(16)21-8-4-7-10(5-9(8)22-14)23-12(18-7)19-11(20)6-13(17)2-1-3-13/h4-5H,1-3,6,17H2,(H,18,19,20). The van der Waals surface area contributed by atoms with Crippen LogP contribution in [0.15, 0.2) is 12.1 Å². The molecule has 1 amide bonds. The molecule has 3 N–H and O–H groups in total. The summed E-state index contributed by atoms with van der Waals surface area (Å²) >= 11 is 1.18. The predicted octanol–water partition coefficient (Wildman–Crippen LogP) is 2.83. The van der Waals surface area contributed by atoms with E-state index in [2.05, 4.69) is 19.8 Å². The molecular formula is C14H13F2N3O3S. The Morgan fingerprint density at radius 2 is 2.04 bits per heavy atom. The summed E-state index contributed by atoms with van der Waals surface area (Å²) < 4.78 is 35.4. The lowest BCUT2D eigenvalue weighted by molar-refractivity contribution is -0.286. The molecule has 1 aromatic heterocycles. The summed E-state index contributed by atoms with van der Waals surface area (Å²) in [5.41, 5.74) is 6.09. The number of aromatic nitrogens is 1. The minimum absolute atomic E-state index is 0.0422. The molecule has 0 spiro atoms. The van der Waals surface area contributed by atoms with Crippen molar-refractivity contribution in [3.05, 3.63) is 12.1 Å². The van der Waals surface area contributed by atoms with E-state index in [-0.39, 0.29) is 23.8 Å². The van der Waals surface area contributed by atoms with Crippen molar-refractivity contribution in [2.24, 2.45) is 5.73 Å². The summed E-state index contributed by atoms with van der Waals surface area (Å²) in [5.74, 6) is -0.307. The Bertz CT molecular complexity index is 759. The predicted molar refractivity (Wildman–Crippen MR) is 79.8 cm³/mol. The van der Waals surface area contributed by atoms with Crippen LogP contribution >= 0.6 is 11.3 Å². The van der Waals surface area contributed by atoms with E-state index in [1.54, 1.807) is 0 Å². The zero-order chi connectivity index (χ0) is 16.2. The molecule has 1 fully saturated rings. The molecule has 0 unspecified atom stereocenters. The minimum Gasteiger partial charge on any atom is -0.395 e. The van der Waals surface area contributed by atoms with Gasteiger partial charge >= 0.3 is 6.29 Å². The van der Waals surface area contributed by atoms with Crippen molar-refractivity contribution in [3.63, 3.8) is 0 Å². The summed E-state index contributed by atoms with van der Waals surface area (Å²) in [5, 5.41) is 3.10. The van der Waals surface area contributed by atoms with Crippen LogP contribution in [0.25, 0.3) is 10.2 Å². The van der Waals surface area contributed by atoms with Crippen LogP contribution in [-0.2, 0) is 4.79 Å². The van der Waals surface area contributed by atoms with Crippen molar-refractivity contribution in [1.82, 2.24) is 4.98 Å². The van der Waals surface area contributed by atoms with Crippen molar-refractivity contribution in [1.29, 1.82) is 0 Å². The molecular weight excluding hydrogens is 328 g/mol. The zero-order valence-electron chi connectivity index (χ0n) is 11.9. The van der Waals surface area contributed by atoms with Crippen LogP contribution in [0.2, 0.25) is 0 Å². The van der Waals surface area contributed by atoms with Crippen LogP contribution < -0.4 is 20.5 Å². The van der Waals surface area contributed by atoms with E-state index in [0.717, 1.165) is 19.3 Å². The highest BCUT2D eigenvalue weighted by Gasteiger charge is 2.43. The molecule has 2 aromatic rings. The Labute approximate surface area is 133 Å². The first kappa shape index (κ1) is 14.6. The van der Waals surface area contributed by atoms with Gasteiger partial charge < -0.3 is 20.5 Å². The molecule has 2 aliphatic rings. The van der Waals surface area contributed by atoms with Gasteiger partial charge in [0.2, 0.25) is 5.91 Å². The van der Waals surface area contributed by atoms with Gasteiger partial charge in [0.05, 0.1) is 10.2 Å². The van der Waals surface area contributed by atoms with Gasteiger partial charge in [0.15, 0.2) is 16.6 Å². The van der Waals surface area contributed by atoms with Crippen molar-refractivity contribution >= 4 is 32.6 Å². The molecule has 1 aliphatic carbocycles. The van der Waals surface area contributed by atoms with E-state index in [1.807, 2.05) is 0 Å². The normalized spacial score (nSPS) is 20.3. The lowest BCUT2D eigenvalue weighted by Gasteiger charge is -2.37.